The molecule has 0 saturated carbocycles. The topological polar surface area (TPSA) is 77.4 Å². The van der Waals surface area contributed by atoms with Crippen molar-refractivity contribution in [3.8, 4) is 5.75 Å². The fourth-order valence-corrected chi connectivity index (χ4v) is 3.34. The molecule has 7 nitrogen and oxygen atoms in total. The molecule has 0 saturated heterocycles. The number of ether oxygens (including phenoxy) is 2. The molecule has 1 atom stereocenters. The zero-order chi connectivity index (χ0) is 18.8. The second-order valence-corrected chi connectivity index (χ2v) is 6.62. The van der Waals surface area contributed by atoms with E-state index in [1.54, 1.807) is 31.4 Å². The summed E-state index contributed by atoms with van der Waals surface area (Å²) in [6.07, 6.45) is 0. The van der Waals surface area contributed by atoms with Gasteiger partial charge >= 0.3 is 6.03 Å². The fraction of sp³-hybridized carbons (Fsp3) is 0.300. The maximum atomic E-state index is 12.2. The number of aryl methyl sites for hydroxylation is 1. The summed E-state index contributed by atoms with van der Waals surface area (Å²) in [4.78, 5) is 16.9. The van der Waals surface area contributed by atoms with Gasteiger partial charge in [0, 0.05) is 12.2 Å². The molecule has 140 valence electrons. The van der Waals surface area contributed by atoms with Gasteiger partial charge in [-0.25, -0.2) is 9.78 Å². The Balaban J connectivity index is 1.44. The van der Waals surface area contributed by atoms with Gasteiger partial charge in [0.15, 0.2) is 0 Å². The van der Waals surface area contributed by atoms with Gasteiger partial charge in [-0.15, -0.1) is 0 Å². The van der Waals surface area contributed by atoms with E-state index in [9.17, 15) is 4.79 Å². The Morgan fingerprint density at radius 2 is 2.11 bits per heavy atom. The van der Waals surface area contributed by atoms with E-state index in [-0.39, 0.29) is 12.1 Å². The standard InChI is InChI=1S/C20H22N4O3/c1-13-3-8-18-17(9-13)23-19-12-27-11-15(24(18)19)10-21-20(25)22-14-4-6-16(26-2)7-5-14/h3-9,15H,10-12H2,1-2H3,(H2,21,22,25). The van der Waals surface area contributed by atoms with Gasteiger partial charge in [0.2, 0.25) is 0 Å². The van der Waals surface area contributed by atoms with E-state index < -0.39 is 0 Å². The second-order valence-electron chi connectivity index (χ2n) is 6.62. The van der Waals surface area contributed by atoms with Crippen molar-refractivity contribution in [3.05, 3.63) is 53.9 Å². The number of carbonyl (C=O) groups excluding carboxylic acids is 1. The normalized spacial score (nSPS) is 16.0. The van der Waals surface area contributed by atoms with Gasteiger partial charge in [-0.2, -0.15) is 0 Å². The van der Waals surface area contributed by atoms with Gasteiger partial charge in [-0.05, 0) is 48.9 Å². The Morgan fingerprint density at radius 1 is 1.30 bits per heavy atom. The van der Waals surface area contributed by atoms with Crippen LogP contribution in [0.1, 0.15) is 17.4 Å². The van der Waals surface area contributed by atoms with Crippen LogP contribution in [0.25, 0.3) is 11.0 Å². The van der Waals surface area contributed by atoms with E-state index in [0.717, 1.165) is 22.6 Å². The van der Waals surface area contributed by atoms with Crippen molar-refractivity contribution >= 4 is 22.8 Å². The average molecular weight is 366 g/mol. The van der Waals surface area contributed by atoms with Crippen molar-refractivity contribution in [1.29, 1.82) is 0 Å². The molecule has 0 radical (unpaired) electrons. The molecule has 2 N–H and O–H groups in total. The second kappa shape index (κ2) is 7.28. The van der Waals surface area contributed by atoms with Crippen molar-refractivity contribution in [2.24, 2.45) is 0 Å². The number of methoxy groups -OCH3 is 1. The molecule has 1 unspecified atom stereocenters. The highest BCUT2D eigenvalue weighted by Gasteiger charge is 2.24. The van der Waals surface area contributed by atoms with Crippen LogP contribution in [0.2, 0.25) is 0 Å². The number of benzene rings is 2. The third kappa shape index (κ3) is 3.59. The zero-order valence-corrected chi connectivity index (χ0v) is 15.4. The summed E-state index contributed by atoms with van der Waals surface area (Å²) in [6, 6.07) is 13.2. The number of hydrogen-bond donors (Lipinski definition) is 2. The minimum absolute atomic E-state index is 0.00285. The third-order valence-corrected chi connectivity index (χ3v) is 4.67. The lowest BCUT2D eigenvalue weighted by molar-refractivity contribution is 0.0573. The van der Waals surface area contributed by atoms with Crippen LogP contribution in [0, 0.1) is 6.92 Å². The van der Waals surface area contributed by atoms with E-state index in [1.165, 1.54) is 5.56 Å². The molecule has 3 aromatic rings. The molecule has 2 amide bonds. The highest BCUT2D eigenvalue weighted by atomic mass is 16.5. The number of urea groups is 1. The molecular formula is C20H22N4O3. The van der Waals surface area contributed by atoms with Gasteiger partial charge in [0.25, 0.3) is 0 Å². The van der Waals surface area contributed by atoms with Gasteiger partial charge in [0.1, 0.15) is 18.2 Å². The van der Waals surface area contributed by atoms with Crippen molar-refractivity contribution in [2.75, 3.05) is 25.6 Å². The third-order valence-electron chi connectivity index (χ3n) is 4.67. The summed E-state index contributed by atoms with van der Waals surface area (Å²) >= 11 is 0. The molecule has 4 rings (SSSR count). The van der Waals surface area contributed by atoms with Gasteiger partial charge in [0.05, 0.1) is 30.8 Å². The van der Waals surface area contributed by atoms with Crippen molar-refractivity contribution in [2.45, 2.75) is 19.6 Å². The minimum atomic E-state index is -0.257. The van der Waals surface area contributed by atoms with Crippen molar-refractivity contribution in [3.63, 3.8) is 0 Å². The van der Waals surface area contributed by atoms with Crippen LogP contribution in [0.4, 0.5) is 10.5 Å². The molecule has 7 heteroatoms. The molecule has 0 bridgehead atoms. The van der Waals surface area contributed by atoms with Crippen LogP contribution in [-0.2, 0) is 11.3 Å². The molecule has 27 heavy (non-hydrogen) atoms. The lowest BCUT2D eigenvalue weighted by atomic mass is 10.2. The summed E-state index contributed by atoms with van der Waals surface area (Å²) in [5.74, 6) is 1.64. The van der Waals surface area contributed by atoms with Gasteiger partial charge in [-0.1, -0.05) is 6.07 Å². The molecule has 0 fully saturated rings. The summed E-state index contributed by atoms with van der Waals surface area (Å²) in [5, 5.41) is 5.75. The number of rotatable bonds is 4. The monoisotopic (exact) mass is 366 g/mol. The predicted octanol–water partition coefficient (Wildman–Crippen LogP) is 3.25. The Bertz CT molecular complexity index is 965. The summed E-state index contributed by atoms with van der Waals surface area (Å²) in [5.41, 5.74) is 3.91. The number of hydrogen-bond acceptors (Lipinski definition) is 4. The number of fused-ring (bicyclic) bond motifs is 3. The van der Waals surface area contributed by atoms with Crippen LogP contribution < -0.4 is 15.4 Å². The lowest BCUT2D eigenvalue weighted by Gasteiger charge is -2.26. The average Bonchev–Trinajstić information content (AvgIpc) is 3.05. The summed E-state index contributed by atoms with van der Waals surface area (Å²) < 4.78 is 13.0. The Kier molecular flexibility index (Phi) is 4.68. The largest absolute Gasteiger partial charge is 0.497 e. The smallest absolute Gasteiger partial charge is 0.319 e. The molecule has 2 aromatic carbocycles. The molecule has 1 aliphatic rings. The van der Waals surface area contributed by atoms with Crippen LogP contribution in [0.5, 0.6) is 5.75 Å². The molecule has 1 aromatic heterocycles. The van der Waals surface area contributed by atoms with E-state index >= 15 is 0 Å². The molecule has 1 aliphatic heterocycles. The van der Waals surface area contributed by atoms with E-state index in [1.807, 2.05) is 0 Å². The maximum absolute atomic E-state index is 12.2. The maximum Gasteiger partial charge on any atom is 0.319 e. The van der Waals surface area contributed by atoms with Gasteiger partial charge < -0.3 is 24.7 Å². The first-order chi connectivity index (χ1) is 13.1. The van der Waals surface area contributed by atoms with Crippen LogP contribution in [-0.4, -0.2) is 35.8 Å². The number of amides is 2. The molecule has 2 heterocycles. The lowest BCUT2D eigenvalue weighted by Crippen LogP contribution is -2.37. The highest BCUT2D eigenvalue weighted by Crippen LogP contribution is 2.26. The van der Waals surface area contributed by atoms with E-state index in [4.69, 9.17) is 9.47 Å². The number of imidazole rings is 1. The number of nitrogens with zero attached hydrogens (tertiary/aromatic N) is 2. The van der Waals surface area contributed by atoms with Gasteiger partial charge in [-0.3, -0.25) is 0 Å². The van der Waals surface area contributed by atoms with Crippen molar-refractivity contribution < 1.29 is 14.3 Å². The first-order valence-electron chi connectivity index (χ1n) is 8.88. The predicted molar refractivity (Wildman–Crippen MR) is 103 cm³/mol. The first kappa shape index (κ1) is 17.4. The van der Waals surface area contributed by atoms with Crippen LogP contribution in [0.3, 0.4) is 0 Å². The number of carbonyl (C=O) groups is 1. The Morgan fingerprint density at radius 3 is 2.89 bits per heavy atom. The van der Waals surface area contributed by atoms with Crippen LogP contribution >= 0.6 is 0 Å². The zero-order valence-electron chi connectivity index (χ0n) is 15.4. The Hall–Kier alpha value is -3.06. The Labute approximate surface area is 157 Å². The number of nitrogens with one attached hydrogen (secondary N) is 2. The number of anilines is 1. The molecule has 0 spiro atoms. The first-order valence-corrected chi connectivity index (χ1v) is 8.88. The summed E-state index contributed by atoms with van der Waals surface area (Å²) in [6.45, 7) is 3.53. The minimum Gasteiger partial charge on any atom is -0.497 e. The summed E-state index contributed by atoms with van der Waals surface area (Å²) in [7, 11) is 1.61. The quantitative estimate of drug-likeness (QED) is 0.743. The van der Waals surface area contributed by atoms with E-state index in [0.29, 0.717) is 25.4 Å². The molecular weight excluding hydrogens is 344 g/mol. The fourth-order valence-electron chi connectivity index (χ4n) is 3.34. The van der Waals surface area contributed by atoms with Crippen molar-refractivity contribution in [1.82, 2.24) is 14.9 Å². The van der Waals surface area contributed by atoms with Crippen LogP contribution in [0.15, 0.2) is 42.5 Å². The number of aromatic nitrogens is 2. The SMILES string of the molecule is COc1ccc(NC(=O)NCC2COCc3nc4cc(C)ccc4n32)cc1. The van der Waals surface area contributed by atoms with E-state index in [2.05, 4.69) is 45.3 Å². The highest BCUT2D eigenvalue weighted by molar-refractivity contribution is 5.89. The molecule has 0 aliphatic carbocycles.